The van der Waals surface area contributed by atoms with Crippen molar-refractivity contribution in [2.45, 2.75) is 76.5 Å². The number of nitrogens with one attached hydrogen (secondary N) is 6. The highest BCUT2D eigenvalue weighted by Crippen LogP contribution is 2.33. The molecule has 44 heavy (non-hydrogen) atoms. The molecule has 254 valence electrons. The molecule has 0 aromatic carbocycles. The number of rotatable bonds is 16. The standard InChI is InChI=1S/C23H46N11O8P.H2O/c1-10(2)31-43(32-11(3)4)19(22(39)40)28-9-12-16(36)17(37)21(42-12)34(27)20(38)15(30-23(26)41)14(24)18(25)29-13(35)7-8-33(5)6;/h10-12,16-17,19,21,28,31-32,36-37H,7-9,24,27H2,1-6H3,(H,39,40)(H2,25,29,35)(H3,26,30,41);1H2/b15-14+;. The minimum Gasteiger partial charge on any atom is -0.480 e. The molecule has 17 N–H and O–H groups in total. The lowest BCUT2D eigenvalue weighted by Crippen LogP contribution is -2.54. The molecule has 5 atom stereocenters. The molecule has 1 aliphatic rings. The predicted octanol–water partition coefficient (Wildman–Crippen LogP) is -4.50. The molecule has 0 aliphatic carbocycles. The number of carbonyl (C=O) groups is 4. The van der Waals surface area contributed by atoms with Crippen molar-refractivity contribution in [1.29, 1.82) is 5.41 Å². The molecule has 1 fully saturated rings. The summed E-state index contributed by atoms with van der Waals surface area (Å²) >= 11 is 0. The Bertz CT molecular complexity index is 1040. The van der Waals surface area contributed by atoms with Crippen molar-refractivity contribution < 1.29 is 44.7 Å². The number of aliphatic hydroxyl groups is 2. The third-order valence-corrected chi connectivity index (χ3v) is 8.21. The Labute approximate surface area is 256 Å². The van der Waals surface area contributed by atoms with Crippen LogP contribution in [0.4, 0.5) is 4.79 Å². The van der Waals surface area contributed by atoms with Crippen LogP contribution in [0.25, 0.3) is 0 Å². The van der Waals surface area contributed by atoms with Crippen molar-refractivity contribution in [3.63, 3.8) is 0 Å². The Morgan fingerprint density at radius 2 is 1.55 bits per heavy atom. The van der Waals surface area contributed by atoms with Gasteiger partial charge in [0.1, 0.15) is 29.7 Å². The molecule has 4 amide bonds. The molecule has 0 bridgehead atoms. The Balaban J connectivity index is 0.0000185. The van der Waals surface area contributed by atoms with E-state index >= 15 is 0 Å². The number of nitrogens with zero attached hydrogens (tertiary/aromatic N) is 2. The molecule has 0 aromatic heterocycles. The molecule has 0 aromatic rings. The Kier molecular flexibility index (Phi) is 17.4. The number of hydrogen-bond acceptors (Lipinski definition) is 14. The monoisotopic (exact) mass is 653 g/mol. The molecule has 0 spiro atoms. The molecule has 0 radical (unpaired) electrons. The van der Waals surface area contributed by atoms with Gasteiger partial charge in [-0.3, -0.25) is 35.3 Å². The van der Waals surface area contributed by atoms with Crippen LogP contribution in [0.1, 0.15) is 34.1 Å². The molecule has 1 rings (SSSR count). The lowest BCUT2D eigenvalue weighted by molar-refractivity contribution is -0.148. The van der Waals surface area contributed by atoms with Crippen LogP contribution in [0.15, 0.2) is 11.4 Å². The van der Waals surface area contributed by atoms with E-state index in [0.29, 0.717) is 11.6 Å². The summed E-state index contributed by atoms with van der Waals surface area (Å²) in [4.78, 5) is 50.7. The second-order valence-electron chi connectivity index (χ2n) is 10.6. The van der Waals surface area contributed by atoms with Gasteiger partial charge in [-0.2, -0.15) is 0 Å². The van der Waals surface area contributed by atoms with Crippen molar-refractivity contribution in [3.8, 4) is 0 Å². The Morgan fingerprint density at radius 1 is 1.00 bits per heavy atom. The maximum absolute atomic E-state index is 13.2. The number of carboxylic acids is 1. The SMILES string of the molecule is CC(C)NP(NC(C)C)C(NCC1OC(N(N)C(=O)/C(NC(N)=O)=C(\N)C(=N)NC(=O)CCN(C)C)C(O)C1O)C(=O)O.O. The lowest BCUT2D eigenvalue weighted by atomic mass is 10.1. The highest BCUT2D eigenvalue weighted by atomic mass is 31.1. The number of amidine groups is 1. The molecule has 20 nitrogen and oxygen atoms in total. The summed E-state index contributed by atoms with van der Waals surface area (Å²) in [6.45, 7) is 7.53. The van der Waals surface area contributed by atoms with Crippen molar-refractivity contribution in [2.24, 2.45) is 17.3 Å². The number of carboxylic acid groups (broad SMARTS) is 1. The van der Waals surface area contributed by atoms with Gasteiger partial charge in [0.25, 0.3) is 5.91 Å². The van der Waals surface area contributed by atoms with Gasteiger partial charge in [-0.1, -0.05) is 0 Å². The minimum atomic E-state index is -1.77. The van der Waals surface area contributed by atoms with Gasteiger partial charge in [0.15, 0.2) is 17.8 Å². The van der Waals surface area contributed by atoms with E-state index in [-0.39, 0.29) is 30.5 Å². The van der Waals surface area contributed by atoms with Crippen molar-refractivity contribution in [3.05, 3.63) is 11.4 Å². The van der Waals surface area contributed by atoms with Crippen LogP contribution in [0.2, 0.25) is 0 Å². The van der Waals surface area contributed by atoms with Gasteiger partial charge in [-0.05, 0) is 41.8 Å². The Morgan fingerprint density at radius 3 is 2.00 bits per heavy atom. The number of hydrazine groups is 1. The number of ether oxygens (including phenoxy) is 1. The van der Waals surface area contributed by atoms with Gasteiger partial charge < -0.3 is 52.5 Å². The summed E-state index contributed by atoms with van der Waals surface area (Å²) in [5.41, 5.74) is 9.54. The highest BCUT2D eigenvalue weighted by molar-refractivity contribution is 7.55. The summed E-state index contributed by atoms with van der Waals surface area (Å²) in [6.07, 6.45) is -6.30. The first-order valence-corrected chi connectivity index (χ1v) is 14.8. The van der Waals surface area contributed by atoms with Crippen LogP contribution in [0, 0.1) is 5.41 Å². The zero-order chi connectivity index (χ0) is 33.2. The second kappa shape index (κ2) is 18.7. The van der Waals surface area contributed by atoms with Crippen LogP contribution >= 0.6 is 8.22 Å². The summed E-state index contributed by atoms with van der Waals surface area (Å²) in [7, 11) is 1.99. The Hall–Kier alpha value is -3.04. The van der Waals surface area contributed by atoms with E-state index in [9.17, 15) is 34.5 Å². The summed E-state index contributed by atoms with van der Waals surface area (Å²) in [5, 5.41) is 52.8. The number of nitrogens with two attached hydrogens (primary N) is 3. The van der Waals surface area contributed by atoms with Gasteiger partial charge in [0.05, 0.1) is 8.22 Å². The maximum atomic E-state index is 13.2. The van der Waals surface area contributed by atoms with Crippen LogP contribution in [0.5, 0.6) is 0 Å². The molecular formula is C23H48N11O9P. The zero-order valence-electron chi connectivity index (χ0n) is 25.6. The van der Waals surface area contributed by atoms with Crippen LogP contribution < -0.4 is 43.4 Å². The lowest BCUT2D eigenvalue weighted by Gasteiger charge is -2.31. The molecule has 5 unspecified atom stereocenters. The highest BCUT2D eigenvalue weighted by Gasteiger charge is 2.47. The fraction of sp³-hybridized carbons (Fsp3) is 0.696. The topological polar surface area (TPSA) is 338 Å². The van der Waals surface area contributed by atoms with Crippen molar-refractivity contribution in [2.75, 3.05) is 27.2 Å². The van der Waals surface area contributed by atoms with Crippen molar-refractivity contribution >= 4 is 37.9 Å². The van der Waals surface area contributed by atoms with Gasteiger partial charge in [-0.25, -0.2) is 15.6 Å². The fourth-order valence-electron chi connectivity index (χ4n) is 3.71. The molecule has 1 aliphatic heterocycles. The van der Waals surface area contributed by atoms with Gasteiger partial charge in [-0.15, -0.1) is 0 Å². The van der Waals surface area contributed by atoms with Gasteiger partial charge in [0, 0.05) is 31.6 Å². The predicted molar refractivity (Wildman–Crippen MR) is 161 cm³/mol. The van der Waals surface area contributed by atoms with E-state index in [4.69, 9.17) is 27.5 Å². The molecular weight excluding hydrogens is 605 g/mol. The average Bonchev–Trinajstić information content (AvgIpc) is 3.17. The molecule has 0 saturated carbocycles. The fourth-order valence-corrected chi connectivity index (χ4v) is 5.70. The van der Waals surface area contributed by atoms with Crippen molar-refractivity contribution in [1.82, 2.24) is 36.0 Å². The first kappa shape index (κ1) is 41.0. The van der Waals surface area contributed by atoms with E-state index in [2.05, 4.69) is 20.8 Å². The number of urea groups is 1. The number of primary amides is 1. The van der Waals surface area contributed by atoms with Crippen LogP contribution in [-0.2, 0) is 19.1 Å². The smallest absolute Gasteiger partial charge is 0.327 e. The van der Waals surface area contributed by atoms with Crippen LogP contribution in [0.3, 0.4) is 0 Å². The number of aliphatic hydroxyl groups excluding tert-OH is 2. The van der Waals surface area contributed by atoms with E-state index in [1.54, 1.807) is 19.0 Å². The molecule has 1 heterocycles. The number of carbonyl (C=O) groups excluding carboxylic acids is 3. The molecule has 1 saturated heterocycles. The van der Waals surface area contributed by atoms with E-state index < -0.39 is 79.6 Å². The largest absolute Gasteiger partial charge is 0.480 e. The van der Waals surface area contributed by atoms with E-state index in [1.165, 1.54) is 0 Å². The second-order valence-corrected chi connectivity index (χ2v) is 12.4. The third kappa shape index (κ3) is 12.5. The van der Waals surface area contributed by atoms with Gasteiger partial charge in [0.2, 0.25) is 5.91 Å². The third-order valence-electron chi connectivity index (χ3n) is 5.70. The zero-order valence-corrected chi connectivity index (χ0v) is 26.5. The maximum Gasteiger partial charge on any atom is 0.327 e. The summed E-state index contributed by atoms with van der Waals surface area (Å²) in [6, 6.07) is -1.34. The normalized spacial score (nSPS) is 21.1. The summed E-state index contributed by atoms with van der Waals surface area (Å²) < 4.78 is 5.61. The first-order chi connectivity index (χ1) is 19.9. The molecule has 21 heteroatoms. The van der Waals surface area contributed by atoms with E-state index in [1.807, 2.05) is 33.0 Å². The summed E-state index contributed by atoms with van der Waals surface area (Å²) in [5.74, 6) is 1.00. The van der Waals surface area contributed by atoms with Crippen LogP contribution in [-0.4, -0.2) is 130 Å². The number of hydrogen-bond donors (Lipinski definition) is 12. The number of amides is 4. The quantitative estimate of drug-likeness (QED) is 0.0142. The van der Waals surface area contributed by atoms with Gasteiger partial charge >= 0.3 is 12.0 Å². The minimum absolute atomic E-state index is 0. The van der Waals surface area contributed by atoms with E-state index in [0.717, 1.165) is 0 Å². The average molecular weight is 654 g/mol. The number of aliphatic carboxylic acids is 1. The first-order valence-electron chi connectivity index (χ1n) is 13.3.